The first-order valence-electron chi connectivity index (χ1n) is 6.06. The number of anilines is 1. The monoisotopic (exact) mass is 293 g/mol. The quantitative estimate of drug-likeness (QED) is 0.904. The number of aryl methyl sites for hydroxylation is 1. The van der Waals surface area contributed by atoms with Gasteiger partial charge in [0.15, 0.2) is 5.69 Å². The number of hydrogen-bond acceptors (Lipinski definition) is 5. The average molecular weight is 293 g/mol. The van der Waals surface area contributed by atoms with E-state index in [0.29, 0.717) is 16.3 Å². The van der Waals surface area contributed by atoms with Gasteiger partial charge in [-0.15, -0.1) is 11.3 Å². The summed E-state index contributed by atoms with van der Waals surface area (Å²) < 4.78 is 4.85. The highest BCUT2D eigenvalue weighted by atomic mass is 32.1. The van der Waals surface area contributed by atoms with Gasteiger partial charge in [-0.3, -0.25) is 9.59 Å². The number of carbonyl (C=O) groups is 2. The molecule has 3 N–H and O–H groups in total. The molecule has 2 aromatic heterocycles. The van der Waals surface area contributed by atoms with Crippen LogP contribution in [0.4, 0.5) is 5.00 Å². The van der Waals surface area contributed by atoms with Crippen LogP contribution in [-0.4, -0.2) is 17.0 Å². The molecule has 0 aliphatic carbocycles. The highest BCUT2D eigenvalue weighted by Gasteiger charge is 2.19. The van der Waals surface area contributed by atoms with Crippen molar-refractivity contribution in [1.29, 1.82) is 0 Å². The van der Waals surface area contributed by atoms with Gasteiger partial charge in [-0.25, -0.2) is 0 Å². The summed E-state index contributed by atoms with van der Waals surface area (Å²) in [6.07, 6.45) is 0. The Balaban J connectivity index is 2.28. The smallest absolute Gasteiger partial charge is 0.278 e. The van der Waals surface area contributed by atoms with E-state index in [-0.39, 0.29) is 11.6 Å². The Morgan fingerprint density at radius 1 is 1.40 bits per heavy atom. The summed E-state index contributed by atoms with van der Waals surface area (Å²) in [5.41, 5.74) is 5.81. The topological polar surface area (TPSA) is 98.2 Å². The fourth-order valence-corrected chi connectivity index (χ4v) is 2.67. The normalized spacial score (nSPS) is 10.8. The van der Waals surface area contributed by atoms with Crippen molar-refractivity contribution in [1.82, 2.24) is 5.16 Å². The minimum Gasteiger partial charge on any atom is -0.366 e. The SMILES string of the molecule is Cc1cc(C(=O)Nc2sc(C(C)C)cc2C(N)=O)no1. The second kappa shape index (κ2) is 5.46. The second-order valence-electron chi connectivity index (χ2n) is 4.69. The summed E-state index contributed by atoms with van der Waals surface area (Å²) in [5, 5.41) is 6.72. The minimum absolute atomic E-state index is 0.164. The number of rotatable bonds is 4. The first-order valence-corrected chi connectivity index (χ1v) is 6.88. The molecule has 0 unspecified atom stereocenters. The van der Waals surface area contributed by atoms with E-state index in [1.807, 2.05) is 13.8 Å². The van der Waals surface area contributed by atoms with Crippen molar-refractivity contribution in [2.75, 3.05) is 5.32 Å². The van der Waals surface area contributed by atoms with Crippen molar-refractivity contribution in [2.24, 2.45) is 5.73 Å². The maximum Gasteiger partial charge on any atom is 0.278 e. The zero-order valence-corrected chi connectivity index (χ0v) is 12.2. The van der Waals surface area contributed by atoms with Crippen LogP contribution in [0.5, 0.6) is 0 Å². The lowest BCUT2D eigenvalue weighted by atomic mass is 10.1. The van der Waals surface area contributed by atoms with Crippen LogP contribution in [0.2, 0.25) is 0 Å². The zero-order valence-electron chi connectivity index (χ0n) is 11.4. The predicted octanol–water partition coefficient (Wildman–Crippen LogP) is 2.52. The number of primary amides is 1. The average Bonchev–Trinajstić information content (AvgIpc) is 2.95. The minimum atomic E-state index is -0.570. The number of nitrogens with one attached hydrogen (secondary N) is 1. The third-order valence-electron chi connectivity index (χ3n) is 2.67. The van der Waals surface area contributed by atoms with Gasteiger partial charge in [-0.2, -0.15) is 0 Å². The van der Waals surface area contributed by atoms with E-state index in [9.17, 15) is 9.59 Å². The molecule has 0 spiro atoms. The Morgan fingerprint density at radius 2 is 2.10 bits per heavy atom. The molecule has 0 radical (unpaired) electrons. The molecule has 2 aromatic rings. The second-order valence-corrected chi connectivity index (χ2v) is 5.77. The van der Waals surface area contributed by atoms with Crippen LogP contribution in [-0.2, 0) is 0 Å². The molecular weight excluding hydrogens is 278 g/mol. The predicted molar refractivity (Wildman–Crippen MR) is 76.1 cm³/mol. The molecule has 2 heterocycles. The van der Waals surface area contributed by atoms with E-state index < -0.39 is 11.8 Å². The number of amides is 2. The molecule has 2 rings (SSSR count). The van der Waals surface area contributed by atoms with Gasteiger partial charge in [0.1, 0.15) is 10.8 Å². The number of thiophene rings is 1. The van der Waals surface area contributed by atoms with Crippen molar-refractivity contribution in [2.45, 2.75) is 26.7 Å². The summed E-state index contributed by atoms with van der Waals surface area (Å²) in [6, 6.07) is 3.23. The highest BCUT2D eigenvalue weighted by Crippen LogP contribution is 2.32. The van der Waals surface area contributed by atoms with Crippen LogP contribution in [0.25, 0.3) is 0 Å². The van der Waals surface area contributed by atoms with Gasteiger partial charge in [-0.05, 0) is 18.9 Å². The van der Waals surface area contributed by atoms with E-state index in [2.05, 4.69) is 10.5 Å². The number of hydrogen-bond donors (Lipinski definition) is 2. The molecule has 0 saturated heterocycles. The van der Waals surface area contributed by atoms with Crippen LogP contribution in [0.15, 0.2) is 16.7 Å². The molecule has 20 heavy (non-hydrogen) atoms. The van der Waals surface area contributed by atoms with E-state index in [4.69, 9.17) is 10.3 Å². The van der Waals surface area contributed by atoms with Gasteiger partial charge in [-0.1, -0.05) is 19.0 Å². The summed E-state index contributed by atoms with van der Waals surface area (Å²) >= 11 is 1.33. The summed E-state index contributed by atoms with van der Waals surface area (Å²) in [7, 11) is 0. The molecule has 6 nitrogen and oxygen atoms in total. The van der Waals surface area contributed by atoms with Crippen LogP contribution >= 0.6 is 11.3 Å². The molecule has 0 aliphatic rings. The van der Waals surface area contributed by atoms with Gasteiger partial charge in [0.25, 0.3) is 11.8 Å². The molecule has 106 valence electrons. The Morgan fingerprint density at radius 3 is 2.60 bits per heavy atom. The largest absolute Gasteiger partial charge is 0.366 e. The van der Waals surface area contributed by atoms with E-state index >= 15 is 0 Å². The lowest BCUT2D eigenvalue weighted by Crippen LogP contribution is -2.16. The Kier molecular flexibility index (Phi) is 3.89. The maximum absolute atomic E-state index is 12.0. The lowest BCUT2D eigenvalue weighted by molar-refractivity contribution is 0.100. The third kappa shape index (κ3) is 2.88. The Hall–Kier alpha value is -2.15. The number of carbonyl (C=O) groups excluding carboxylic acids is 2. The molecule has 7 heteroatoms. The van der Waals surface area contributed by atoms with E-state index in [1.165, 1.54) is 17.4 Å². The fourth-order valence-electron chi connectivity index (χ4n) is 1.61. The van der Waals surface area contributed by atoms with Crippen LogP contribution in [0, 0.1) is 6.92 Å². The lowest BCUT2D eigenvalue weighted by Gasteiger charge is -2.01. The molecule has 0 aliphatic heterocycles. The molecule has 0 aromatic carbocycles. The molecule has 2 amide bonds. The van der Waals surface area contributed by atoms with Gasteiger partial charge in [0.05, 0.1) is 5.56 Å². The number of aromatic nitrogens is 1. The van der Waals surface area contributed by atoms with Gasteiger partial charge < -0.3 is 15.6 Å². The van der Waals surface area contributed by atoms with Crippen molar-refractivity contribution in [3.63, 3.8) is 0 Å². The Bertz CT molecular complexity index is 658. The van der Waals surface area contributed by atoms with Crippen molar-refractivity contribution in [3.05, 3.63) is 34.0 Å². The highest BCUT2D eigenvalue weighted by molar-refractivity contribution is 7.16. The molecule has 0 saturated carbocycles. The maximum atomic E-state index is 12.0. The van der Waals surface area contributed by atoms with Crippen LogP contribution < -0.4 is 11.1 Å². The van der Waals surface area contributed by atoms with Gasteiger partial charge in [0.2, 0.25) is 0 Å². The molecular formula is C13H15N3O3S. The summed E-state index contributed by atoms with van der Waals surface area (Å²) in [6.45, 7) is 5.70. The van der Waals surface area contributed by atoms with Crippen LogP contribution in [0.3, 0.4) is 0 Å². The van der Waals surface area contributed by atoms with Crippen molar-refractivity contribution in [3.8, 4) is 0 Å². The number of nitrogens with zero attached hydrogens (tertiary/aromatic N) is 1. The first-order chi connectivity index (χ1) is 9.38. The number of nitrogens with two attached hydrogens (primary N) is 1. The summed E-state index contributed by atoms with van der Waals surface area (Å²) in [4.78, 5) is 24.4. The van der Waals surface area contributed by atoms with E-state index in [1.54, 1.807) is 13.0 Å². The fraction of sp³-hybridized carbons (Fsp3) is 0.308. The molecule has 0 atom stereocenters. The standard InChI is InChI=1S/C13H15N3O3S/c1-6(2)10-5-8(11(14)17)13(20-10)15-12(18)9-4-7(3)19-16-9/h4-6H,1-3H3,(H2,14,17)(H,15,18). The van der Waals surface area contributed by atoms with E-state index in [0.717, 1.165) is 4.88 Å². The van der Waals surface area contributed by atoms with Gasteiger partial charge >= 0.3 is 0 Å². The zero-order chi connectivity index (χ0) is 14.9. The van der Waals surface area contributed by atoms with Crippen LogP contribution in [0.1, 0.15) is 51.2 Å². The van der Waals surface area contributed by atoms with Crippen molar-refractivity contribution >= 4 is 28.2 Å². The Labute approximate surface area is 119 Å². The summed E-state index contributed by atoms with van der Waals surface area (Å²) in [5.74, 6) is -0.210. The first kappa shape index (κ1) is 14.3. The molecule has 0 bridgehead atoms. The van der Waals surface area contributed by atoms with Gasteiger partial charge in [0, 0.05) is 10.9 Å². The molecule has 0 fully saturated rings. The third-order valence-corrected chi connectivity index (χ3v) is 4.02. The van der Waals surface area contributed by atoms with Crippen molar-refractivity contribution < 1.29 is 14.1 Å².